The van der Waals surface area contributed by atoms with Crippen molar-refractivity contribution < 1.29 is 8.42 Å². The Bertz CT molecular complexity index is 584. The summed E-state index contributed by atoms with van der Waals surface area (Å²) in [5.74, 6) is 0. The van der Waals surface area contributed by atoms with E-state index in [-0.39, 0.29) is 4.90 Å². The smallest absolute Gasteiger partial charge is 0.207 e. The second kappa shape index (κ2) is 3.22. The van der Waals surface area contributed by atoms with Gasteiger partial charge >= 0.3 is 0 Å². The molecule has 0 fully saturated rings. The minimum atomic E-state index is -3.61. The molecule has 0 aliphatic heterocycles. The zero-order chi connectivity index (χ0) is 10.3. The first-order valence-electron chi connectivity index (χ1n) is 3.92. The zero-order valence-electron chi connectivity index (χ0n) is 7.32. The molecular weight excluding hydrogens is 240 g/mol. The molecule has 1 aromatic heterocycles. The molecule has 0 aliphatic carbocycles. The summed E-state index contributed by atoms with van der Waals surface area (Å²) in [7, 11) is 1.63. The van der Waals surface area contributed by atoms with Crippen molar-refractivity contribution in [1.82, 2.24) is 0 Å². The van der Waals surface area contributed by atoms with Crippen molar-refractivity contribution in [2.24, 2.45) is 0 Å². The molecule has 0 N–H and O–H groups in total. The van der Waals surface area contributed by atoms with Crippen molar-refractivity contribution >= 4 is 41.2 Å². The van der Waals surface area contributed by atoms with Gasteiger partial charge in [-0.25, -0.2) is 8.42 Å². The second-order valence-corrected chi connectivity index (χ2v) is 6.85. The van der Waals surface area contributed by atoms with Crippen LogP contribution in [0.5, 0.6) is 0 Å². The largest absolute Gasteiger partial charge is 0.261 e. The Morgan fingerprint density at radius 2 is 2.00 bits per heavy atom. The van der Waals surface area contributed by atoms with Gasteiger partial charge in [0.05, 0.1) is 4.90 Å². The topological polar surface area (TPSA) is 34.1 Å². The van der Waals surface area contributed by atoms with Crippen LogP contribution >= 0.6 is 22.0 Å². The van der Waals surface area contributed by atoms with Crippen LogP contribution in [0.25, 0.3) is 10.1 Å². The van der Waals surface area contributed by atoms with E-state index in [0.717, 1.165) is 15.0 Å². The molecule has 0 aliphatic rings. The normalized spacial score (nSPS) is 12.1. The number of aryl methyl sites for hydroxylation is 1. The van der Waals surface area contributed by atoms with Crippen LogP contribution in [0.2, 0.25) is 0 Å². The fraction of sp³-hybridized carbons (Fsp3) is 0.111. The molecule has 0 spiro atoms. The third-order valence-corrected chi connectivity index (χ3v) is 4.28. The van der Waals surface area contributed by atoms with Gasteiger partial charge in [0.25, 0.3) is 9.05 Å². The maximum absolute atomic E-state index is 11.1. The summed E-state index contributed by atoms with van der Waals surface area (Å²) in [4.78, 5) is 1.31. The van der Waals surface area contributed by atoms with Crippen molar-refractivity contribution in [3.63, 3.8) is 0 Å². The zero-order valence-corrected chi connectivity index (χ0v) is 9.71. The van der Waals surface area contributed by atoms with Gasteiger partial charge in [-0.05, 0) is 36.6 Å². The summed E-state index contributed by atoms with van der Waals surface area (Å²) in [5.41, 5.74) is 0. The van der Waals surface area contributed by atoms with Crippen LogP contribution < -0.4 is 0 Å². The number of rotatable bonds is 1. The van der Waals surface area contributed by atoms with Crippen LogP contribution in [0, 0.1) is 6.92 Å². The number of halogens is 1. The van der Waals surface area contributed by atoms with Gasteiger partial charge in [-0.2, -0.15) is 0 Å². The molecular formula is C9H7ClO2S2. The highest BCUT2D eigenvalue weighted by Crippen LogP contribution is 2.28. The Hall–Kier alpha value is -0.580. The van der Waals surface area contributed by atoms with Crippen LogP contribution in [-0.4, -0.2) is 8.42 Å². The molecule has 0 saturated heterocycles. The SMILES string of the molecule is Cc1cc2cc(S(=O)(=O)Cl)ccc2s1. The standard InChI is InChI=1S/C9H7ClO2S2/c1-6-4-7-5-8(14(10,11)12)2-3-9(7)13-6/h2-5H,1H3. The predicted octanol–water partition coefficient (Wildman–Crippen LogP) is 3.14. The molecule has 0 radical (unpaired) electrons. The maximum atomic E-state index is 11.1. The quantitative estimate of drug-likeness (QED) is 0.725. The monoisotopic (exact) mass is 246 g/mol. The van der Waals surface area contributed by atoms with Crippen LogP contribution in [0.4, 0.5) is 0 Å². The van der Waals surface area contributed by atoms with Gasteiger partial charge in [-0.1, -0.05) is 0 Å². The molecule has 74 valence electrons. The minimum absolute atomic E-state index is 0.157. The lowest BCUT2D eigenvalue weighted by Gasteiger charge is -1.94. The van der Waals surface area contributed by atoms with E-state index in [0.29, 0.717) is 0 Å². The summed E-state index contributed by atoms with van der Waals surface area (Å²) >= 11 is 1.63. The first-order chi connectivity index (χ1) is 6.47. The highest BCUT2D eigenvalue weighted by atomic mass is 35.7. The Balaban J connectivity index is 2.74. The average molecular weight is 247 g/mol. The van der Waals surface area contributed by atoms with Gasteiger partial charge in [0.2, 0.25) is 0 Å². The summed E-state index contributed by atoms with van der Waals surface area (Å²) in [6.45, 7) is 1.99. The van der Waals surface area contributed by atoms with E-state index in [2.05, 4.69) is 0 Å². The summed E-state index contributed by atoms with van der Waals surface area (Å²) in [5, 5.41) is 0.925. The molecule has 0 saturated carbocycles. The number of benzene rings is 1. The van der Waals surface area contributed by atoms with E-state index in [1.54, 1.807) is 23.5 Å². The van der Waals surface area contributed by atoms with Crippen molar-refractivity contribution in [3.8, 4) is 0 Å². The molecule has 0 amide bonds. The van der Waals surface area contributed by atoms with Gasteiger partial charge in [-0.3, -0.25) is 0 Å². The van der Waals surface area contributed by atoms with Gasteiger partial charge in [-0.15, -0.1) is 11.3 Å². The van der Waals surface area contributed by atoms with Crippen LogP contribution in [0.15, 0.2) is 29.2 Å². The van der Waals surface area contributed by atoms with Crippen molar-refractivity contribution in [2.45, 2.75) is 11.8 Å². The fourth-order valence-electron chi connectivity index (χ4n) is 1.31. The Morgan fingerprint density at radius 3 is 2.64 bits per heavy atom. The summed E-state index contributed by atoms with van der Waals surface area (Å²) in [6.07, 6.45) is 0. The average Bonchev–Trinajstić information content (AvgIpc) is 2.41. The van der Waals surface area contributed by atoms with E-state index in [4.69, 9.17) is 10.7 Å². The highest BCUT2D eigenvalue weighted by Gasteiger charge is 2.10. The third-order valence-electron chi connectivity index (χ3n) is 1.89. The fourth-order valence-corrected chi connectivity index (χ4v) is 3.00. The summed E-state index contributed by atoms with van der Waals surface area (Å²) in [6, 6.07) is 6.86. The number of thiophene rings is 1. The predicted molar refractivity (Wildman–Crippen MR) is 59.6 cm³/mol. The van der Waals surface area contributed by atoms with Crippen molar-refractivity contribution in [1.29, 1.82) is 0 Å². The number of hydrogen-bond donors (Lipinski definition) is 0. The van der Waals surface area contributed by atoms with E-state index in [9.17, 15) is 8.42 Å². The van der Waals surface area contributed by atoms with E-state index < -0.39 is 9.05 Å². The number of fused-ring (bicyclic) bond motifs is 1. The van der Waals surface area contributed by atoms with E-state index in [1.807, 2.05) is 13.0 Å². The first-order valence-corrected chi connectivity index (χ1v) is 7.04. The first kappa shape index (κ1) is 9.96. The van der Waals surface area contributed by atoms with Gasteiger partial charge in [0.1, 0.15) is 0 Å². The molecule has 0 bridgehead atoms. The summed E-state index contributed by atoms with van der Waals surface area (Å²) < 4.78 is 23.2. The van der Waals surface area contributed by atoms with Crippen molar-refractivity contribution in [3.05, 3.63) is 29.1 Å². The van der Waals surface area contributed by atoms with Crippen LogP contribution in [0.3, 0.4) is 0 Å². The highest BCUT2D eigenvalue weighted by molar-refractivity contribution is 8.13. The minimum Gasteiger partial charge on any atom is -0.207 e. The van der Waals surface area contributed by atoms with Gasteiger partial charge < -0.3 is 0 Å². The van der Waals surface area contributed by atoms with Gasteiger partial charge in [0.15, 0.2) is 0 Å². The molecule has 1 aromatic carbocycles. The molecule has 1 heterocycles. The second-order valence-electron chi connectivity index (χ2n) is 2.99. The van der Waals surface area contributed by atoms with Crippen LogP contribution in [-0.2, 0) is 9.05 Å². The molecule has 2 aromatic rings. The van der Waals surface area contributed by atoms with Crippen molar-refractivity contribution in [2.75, 3.05) is 0 Å². The molecule has 14 heavy (non-hydrogen) atoms. The molecule has 2 rings (SSSR count). The molecule has 2 nitrogen and oxygen atoms in total. The lowest BCUT2D eigenvalue weighted by molar-refractivity contribution is 0.609. The van der Waals surface area contributed by atoms with Crippen LogP contribution in [0.1, 0.15) is 4.88 Å². The molecule has 5 heteroatoms. The Labute approximate surface area is 90.6 Å². The van der Waals surface area contributed by atoms with Gasteiger partial charge in [0, 0.05) is 20.3 Å². The van der Waals surface area contributed by atoms with E-state index >= 15 is 0 Å². The Kier molecular flexibility index (Phi) is 2.29. The molecule has 0 atom stereocenters. The lowest BCUT2D eigenvalue weighted by Crippen LogP contribution is -1.88. The number of hydrogen-bond acceptors (Lipinski definition) is 3. The maximum Gasteiger partial charge on any atom is 0.261 e. The van der Waals surface area contributed by atoms with E-state index in [1.165, 1.54) is 6.07 Å². The third kappa shape index (κ3) is 1.78. The Morgan fingerprint density at radius 1 is 1.29 bits per heavy atom. The molecule has 0 unspecified atom stereocenters. The lowest BCUT2D eigenvalue weighted by atomic mass is 10.2.